The molecular weight excluding hydrogens is 250 g/mol. The summed E-state index contributed by atoms with van der Waals surface area (Å²) in [5.41, 5.74) is 5.58. The summed E-state index contributed by atoms with van der Waals surface area (Å²) < 4.78 is 4.61. The van der Waals surface area contributed by atoms with Crippen LogP contribution in [0.5, 0.6) is 0 Å². The van der Waals surface area contributed by atoms with E-state index in [2.05, 4.69) is 9.72 Å². The molecule has 1 aliphatic heterocycles. The summed E-state index contributed by atoms with van der Waals surface area (Å²) in [4.78, 5) is 39.9. The molecule has 1 fully saturated rings. The van der Waals surface area contributed by atoms with Gasteiger partial charge < -0.3 is 15.4 Å². The average molecular weight is 263 g/mol. The highest BCUT2D eigenvalue weighted by molar-refractivity contribution is 6.04. The van der Waals surface area contributed by atoms with Gasteiger partial charge in [-0.15, -0.1) is 0 Å². The number of carbonyl (C=O) groups excluding carboxylic acids is 3. The number of esters is 1. The van der Waals surface area contributed by atoms with E-state index in [4.69, 9.17) is 5.73 Å². The van der Waals surface area contributed by atoms with Crippen LogP contribution in [0, 0.1) is 5.92 Å². The highest BCUT2D eigenvalue weighted by atomic mass is 16.5. The lowest BCUT2D eigenvalue weighted by atomic mass is 10.1. The Hall–Kier alpha value is -2.44. The molecule has 100 valence electrons. The topological polar surface area (TPSA) is 103 Å². The number of amides is 2. The average Bonchev–Trinajstić information content (AvgIpc) is 2.80. The standard InChI is InChI=1S/C12H13N3O4/c1-19-12(18)10-8(3-2-4-14-10)15-6-7(11(13)17)5-9(15)16/h2-4,7H,5-6H2,1H3,(H2,13,17). The van der Waals surface area contributed by atoms with Gasteiger partial charge >= 0.3 is 5.97 Å². The second-order valence-corrected chi connectivity index (χ2v) is 4.17. The van der Waals surface area contributed by atoms with Gasteiger partial charge in [-0.1, -0.05) is 0 Å². The predicted molar refractivity (Wildman–Crippen MR) is 65.2 cm³/mol. The number of nitrogens with zero attached hydrogens (tertiary/aromatic N) is 2. The van der Waals surface area contributed by atoms with Gasteiger partial charge in [0, 0.05) is 19.2 Å². The minimum Gasteiger partial charge on any atom is -0.464 e. The van der Waals surface area contributed by atoms with Crippen LogP contribution in [0.25, 0.3) is 0 Å². The van der Waals surface area contributed by atoms with Gasteiger partial charge in [-0.2, -0.15) is 0 Å². The molecule has 7 nitrogen and oxygen atoms in total. The van der Waals surface area contributed by atoms with Gasteiger partial charge in [0.25, 0.3) is 0 Å². The summed E-state index contributed by atoms with van der Waals surface area (Å²) in [6, 6.07) is 3.19. The number of hydrogen-bond acceptors (Lipinski definition) is 5. The molecule has 1 atom stereocenters. The molecule has 0 radical (unpaired) electrons. The first-order valence-electron chi connectivity index (χ1n) is 5.67. The zero-order chi connectivity index (χ0) is 14.0. The minimum absolute atomic E-state index is 0.0449. The third kappa shape index (κ3) is 2.40. The van der Waals surface area contributed by atoms with Gasteiger partial charge in [-0.25, -0.2) is 9.78 Å². The summed E-state index contributed by atoms with van der Waals surface area (Å²) in [6.07, 6.45) is 1.48. The first kappa shape index (κ1) is 13.0. The smallest absolute Gasteiger partial charge is 0.358 e. The molecule has 0 bridgehead atoms. The van der Waals surface area contributed by atoms with E-state index < -0.39 is 17.8 Å². The number of carbonyl (C=O) groups is 3. The first-order chi connectivity index (χ1) is 9.04. The fraction of sp³-hybridized carbons (Fsp3) is 0.333. The maximum atomic E-state index is 11.9. The number of aromatic nitrogens is 1. The Labute approximate surface area is 109 Å². The van der Waals surface area contributed by atoms with Crippen LogP contribution in [-0.4, -0.2) is 36.4 Å². The zero-order valence-electron chi connectivity index (χ0n) is 10.3. The van der Waals surface area contributed by atoms with Gasteiger partial charge in [0.2, 0.25) is 11.8 Å². The normalized spacial score (nSPS) is 18.5. The van der Waals surface area contributed by atoms with Crippen molar-refractivity contribution in [3.05, 3.63) is 24.0 Å². The molecule has 1 aromatic rings. The Kier molecular flexibility index (Phi) is 3.46. The van der Waals surface area contributed by atoms with Crippen molar-refractivity contribution in [1.82, 2.24) is 4.98 Å². The van der Waals surface area contributed by atoms with Crippen molar-refractivity contribution < 1.29 is 19.1 Å². The zero-order valence-corrected chi connectivity index (χ0v) is 10.3. The molecule has 0 aliphatic carbocycles. The van der Waals surface area contributed by atoms with Gasteiger partial charge in [-0.3, -0.25) is 9.59 Å². The van der Waals surface area contributed by atoms with Gasteiger partial charge in [0.15, 0.2) is 5.69 Å². The van der Waals surface area contributed by atoms with Crippen LogP contribution in [0.1, 0.15) is 16.9 Å². The monoisotopic (exact) mass is 263 g/mol. The van der Waals surface area contributed by atoms with E-state index in [9.17, 15) is 14.4 Å². The molecule has 7 heteroatoms. The summed E-state index contributed by atoms with van der Waals surface area (Å²) in [6.45, 7) is 0.157. The summed E-state index contributed by atoms with van der Waals surface area (Å²) in [5.74, 6) is -1.97. The second-order valence-electron chi connectivity index (χ2n) is 4.17. The Bertz CT molecular complexity index is 544. The summed E-state index contributed by atoms with van der Waals surface area (Å²) in [5, 5.41) is 0. The van der Waals surface area contributed by atoms with Crippen LogP contribution < -0.4 is 10.6 Å². The second kappa shape index (κ2) is 5.05. The summed E-state index contributed by atoms with van der Waals surface area (Å²) >= 11 is 0. The lowest BCUT2D eigenvalue weighted by Gasteiger charge is -2.18. The third-order valence-electron chi connectivity index (χ3n) is 2.98. The van der Waals surface area contributed by atoms with Crippen LogP contribution in [0.4, 0.5) is 5.69 Å². The van der Waals surface area contributed by atoms with Crippen LogP contribution in [-0.2, 0) is 14.3 Å². The van der Waals surface area contributed by atoms with E-state index in [1.54, 1.807) is 12.1 Å². The molecule has 2 N–H and O–H groups in total. The third-order valence-corrected chi connectivity index (χ3v) is 2.98. The van der Waals surface area contributed by atoms with E-state index in [1.807, 2.05) is 0 Å². The number of ether oxygens (including phenoxy) is 1. The largest absolute Gasteiger partial charge is 0.464 e. The Balaban J connectivity index is 2.35. The van der Waals surface area contributed by atoms with E-state index in [-0.39, 0.29) is 24.6 Å². The van der Waals surface area contributed by atoms with Crippen molar-refractivity contribution >= 4 is 23.5 Å². The molecular formula is C12H13N3O4. The molecule has 1 aromatic heterocycles. The lowest BCUT2D eigenvalue weighted by molar-refractivity contribution is -0.123. The number of methoxy groups -OCH3 is 1. The van der Waals surface area contributed by atoms with Gasteiger partial charge in [0.05, 0.1) is 18.7 Å². The Morgan fingerprint density at radius 1 is 1.53 bits per heavy atom. The van der Waals surface area contributed by atoms with Crippen LogP contribution in [0.15, 0.2) is 18.3 Å². The molecule has 0 saturated carbocycles. The molecule has 2 amide bonds. The van der Waals surface area contributed by atoms with E-state index >= 15 is 0 Å². The van der Waals surface area contributed by atoms with Crippen molar-refractivity contribution in [3.8, 4) is 0 Å². The van der Waals surface area contributed by atoms with Crippen molar-refractivity contribution in [3.63, 3.8) is 0 Å². The van der Waals surface area contributed by atoms with Crippen LogP contribution in [0.2, 0.25) is 0 Å². The molecule has 2 heterocycles. The van der Waals surface area contributed by atoms with Crippen molar-refractivity contribution in [2.75, 3.05) is 18.6 Å². The molecule has 1 aliphatic rings. The predicted octanol–water partition coefficient (Wildman–Crippen LogP) is -0.294. The number of anilines is 1. The number of primary amides is 1. The van der Waals surface area contributed by atoms with Crippen LogP contribution >= 0.6 is 0 Å². The van der Waals surface area contributed by atoms with Crippen molar-refractivity contribution in [2.45, 2.75) is 6.42 Å². The van der Waals surface area contributed by atoms with Crippen molar-refractivity contribution in [1.29, 1.82) is 0 Å². The first-order valence-corrected chi connectivity index (χ1v) is 5.67. The number of rotatable bonds is 3. The maximum Gasteiger partial charge on any atom is 0.358 e. The van der Waals surface area contributed by atoms with Gasteiger partial charge in [0.1, 0.15) is 0 Å². The van der Waals surface area contributed by atoms with E-state index in [0.717, 1.165) is 0 Å². The molecule has 0 aromatic carbocycles. The summed E-state index contributed by atoms with van der Waals surface area (Å²) in [7, 11) is 1.23. The molecule has 0 spiro atoms. The highest BCUT2D eigenvalue weighted by Crippen LogP contribution is 2.27. The fourth-order valence-electron chi connectivity index (χ4n) is 2.00. The lowest BCUT2D eigenvalue weighted by Crippen LogP contribution is -2.30. The SMILES string of the molecule is COC(=O)c1ncccc1N1CC(C(N)=O)CC1=O. The highest BCUT2D eigenvalue weighted by Gasteiger charge is 2.35. The fourth-order valence-corrected chi connectivity index (χ4v) is 2.00. The number of nitrogens with two attached hydrogens (primary N) is 1. The molecule has 2 rings (SSSR count). The van der Waals surface area contributed by atoms with Gasteiger partial charge in [-0.05, 0) is 12.1 Å². The van der Waals surface area contributed by atoms with E-state index in [0.29, 0.717) is 5.69 Å². The van der Waals surface area contributed by atoms with Crippen LogP contribution in [0.3, 0.4) is 0 Å². The number of pyridine rings is 1. The molecule has 1 unspecified atom stereocenters. The maximum absolute atomic E-state index is 11.9. The quantitative estimate of drug-likeness (QED) is 0.754. The van der Waals surface area contributed by atoms with Crippen molar-refractivity contribution in [2.24, 2.45) is 11.7 Å². The van der Waals surface area contributed by atoms with E-state index in [1.165, 1.54) is 18.2 Å². The number of hydrogen-bond donors (Lipinski definition) is 1. The molecule has 19 heavy (non-hydrogen) atoms. The molecule has 1 saturated heterocycles. The minimum atomic E-state index is -0.633. The Morgan fingerprint density at radius 2 is 2.26 bits per heavy atom. The Morgan fingerprint density at radius 3 is 2.84 bits per heavy atom.